The van der Waals surface area contributed by atoms with Crippen molar-refractivity contribution >= 4 is 35.8 Å². The van der Waals surface area contributed by atoms with Gasteiger partial charge in [-0.2, -0.15) is 0 Å². The van der Waals surface area contributed by atoms with Gasteiger partial charge in [0.2, 0.25) is 0 Å². The largest absolute Gasteiger partial charge is 0.378 e. The summed E-state index contributed by atoms with van der Waals surface area (Å²) >= 11 is 0. The van der Waals surface area contributed by atoms with E-state index in [2.05, 4.69) is 38.1 Å². The van der Waals surface area contributed by atoms with Crippen molar-refractivity contribution in [2.75, 3.05) is 51.3 Å². The first-order valence-electron chi connectivity index (χ1n) is 9.00. The maximum atomic E-state index is 5.45. The fourth-order valence-electron chi connectivity index (χ4n) is 3.36. The van der Waals surface area contributed by atoms with Gasteiger partial charge in [-0.25, -0.2) is 4.98 Å². The van der Waals surface area contributed by atoms with E-state index in [1.807, 2.05) is 19.3 Å². The number of nitrogens with zero attached hydrogens (tertiary/aromatic N) is 4. The first kappa shape index (κ1) is 20.2. The number of nitrogens with one attached hydrogen (secondary N) is 1. The van der Waals surface area contributed by atoms with E-state index in [0.29, 0.717) is 0 Å². The Morgan fingerprint density at radius 1 is 1.28 bits per heavy atom. The molecule has 1 aromatic rings. The van der Waals surface area contributed by atoms with Crippen LogP contribution in [0.15, 0.2) is 23.3 Å². The number of morpholine rings is 1. The van der Waals surface area contributed by atoms with Crippen LogP contribution in [0.4, 0.5) is 5.82 Å². The zero-order chi connectivity index (χ0) is 16.8. The SMILES string of the molecule is CN=C(NCc1cccnc1N1CCOCC1)N1CCC(C)CC1.I. The minimum atomic E-state index is 0. The van der Waals surface area contributed by atoms with E-state index in [0.717, 1.165) is 63.6 Å². The van der Waals surface area contributed by atoms with Gasteiger partial charge in [-0.05, 0) is 24.8 Å². The minimum Gasteiger partial charge on any atom is -0.378 e. The topological polar surface area (TPSA) is 53.0 Å². The number of halogens is 1. The zero-order valence-electron chi connectivity index (χ0n) is 15.3. The number of rotatable bonds is 3. The van der Waals surface area contributed by atoms with Crippen molar-refractivity contribution in [1.82, 2.24) is 15.2 Å². The lowest BCUT2D eigenvalue weighted by molar-refractivity contribution is 0.122. The molecule has 0 bridgehead atoms. The van der Waals surface area contributed by atoms with Gasteiger partial charge in [-0.3, -0.25) is 4.99 Å². The van der Waals surface area contributed by atoms with Crippen LogP contribution in [0.1, 0.15) is 25.3 Å². The Morgan fingerprint density at radius 3 is 2.68 bits per heavy atom. The van der Waals surface area contributed by atoms with Crippen LogP contribution < -0.4 is 10.2 Å². The molecule has 6 nitrogen and oxygen atoms in total. The summed E-state index contributed by atoms with van der Waals surface area (Å²) in [5.74, 6) is 2.89. The third-order valence-electron chi connectivity index (χ3n) is 4.91. The predicted octanol–water partition coefficient (Wildman–Crippen LogP) is 2.34. The Kier molecular flexibility index (Phi) is 8.21. The average Bonchev–Trinajstić information content (AvgIpc) is 2.64. The predicted molar refractivity (Wildman–Crippen MR) is 113 cm³/mol. The summed E-state index contributed by atoms with van der Waals surface area (Å²) < 4.78 is 5.45. The van der Waals surface area contributed by atoms with Crippen LogP contribution in [-0.4, -0.2) is 62.3 Å². The Labute approximate surface area is 168 Å². The molecule has 0 amide bonds. The highest BCUT2D eigenvalue weighted by molar-refractivity contribution is 14.0. The molecule has 2 saturated heterocycles. The lowest BCUT2D eigenvalue weighted by Gasteiger charge is -2.33. The molecule has 1 N–H and O–H groups in total. The molecule has 0 saturated carbocycles. The Balaban J connectivity index is 0.00000225. The van der Waals surface area contributed by atoms with Gasteiger partial charge in [0.25, 0.3) is 0 Å². The minimum absolute atomic E-state index is 0. The second-order valence-corrected chi connectivity index (χ2v) is 6.66. The molecule has 0 atom stereocenters. The van der Waals surface area contributed by atoms with Crippen LogP contribution in [0.5, 0.6) is 0 Å². The fourth-order valence-corrected chi connectivity index (χ4v) is 3.36. The average molecular weight is 459 g/mol. The second kappa shape index (κ2) is 10.2. The van der Waals surface area contributed by atoms with E-state index in [-0.39, 0.29) is 24.0 Å². The maximum Gasteiger partial charge on any atom is 0.193 e. The van der Waals surface area contributed by atoms with Gasteiger partial charge in [-0.1, -0.05) is 13.0 Å². The Hall–Kier alpha value is -1.09. The van der Waals surface area contributed by atoms with E-state index in [1.165, 1.54) is 18.4 Å². The normalized spacial score (nSPS) is 19.5. The van der Waals surface area contributed by atoms with Gasteiger partial charge in [0.1, 0.15) is 5.82 Å². The van der Waals surface area contributed by atoms with E-state index in [4.69, 9.17) is 4.74 Å². The van der Waals surface area contributed by atoms with Crippen molar-refractivity contribution in [3.63, 3.8) is 0 Å². The number of anilines is 1. The summed E-state index contributed by atoms with van der Waals surface area (Å²) in [6.45, 7) is 8.62. The van der Waals surface area contributed by atoms with Crippen LogP contribution in [0, 0.1) is 5.92 Å². The molecule has 0 aliphatic carbocycles. The monoisotopic (exact) mass is 459 g/mol. The van der Waals surface area contributed by atoms with Crippen LogP contribution in [0.2, 0.25) is 0 Å². The number of aromatic nitrogens is 1. The maximum absolute atomic E-state index is 5.45. The van der Waals surface area contributed by atoms with Crippen LogP contribution in [0.3, 0.4) is 0 Å². The lowest BCUT2D eigenvalue weighted by Crippen LogP contribution is -2.45. The highest BCUT2D eigenvalue weighted by atomic mass is 127. The number of hydrogen-bond acceptors (Lipinski definition) is 4. The molecule has 1 aromatic heterocycles. The number of likely N-dealkylation sites (tertiary alicyclic amines) is 1. The highest BCUT2D eigenvalue weighted by Crippen LogP contribution is 2.19. The number of guanidine groups is 1. The first-order valence-corrected chi connectivity index (χ1v) is 9.00. The third kappa shape index (κ3) is 5.44. The van der Waals surface area contributed by atoms with Gasteiger partial charge >= 0.3 is 0 Å². The molecule has 0 radical (unpaired) electrons. The lowest BCUT2D eigenvalue weighted by atomic mass is 10.00. The number of ether oxygens (including phenoxy) is 1. The Morgan fingerprint density at radius 2 is 2.00 bits per heavy atom. The second-order valence-electron chi connectivity index (χ2n) is 6.66. The van der Waals surface area contributed by atoms with Crippen LogP contribution >= 0.6 is 24.0 Å². The van der Waals surface area contributed by atoms with Crippen molar-refractivity contribution in [3.8, 4) is 0 Å². The molecule has 0 spiro atoms. The molecule has 2 aliphatic heterocycles. The summed E-state index contributed by atoms with van der Waals surface area (Å²) in [7, 11) is 1.87. The molecule has 2 fully saturated rings. The molecule has 0 aromatic carbocycles. The summed E-state index contributed by atoms with van der Waals surface area (Å²) in [6.07, 6.45) is 4.36. The third-order valence-corrected chi connectivity index (χ3v) is 4.91. The quantitative estimate of drug-likeness (QED) is 0.428. The van der Waals surface area contributed by atoms with E-state index in [9.17, 15) is 0 Å². The molecule has 0 unspecified atom stereocenters. The van der Waals surface area contributed by atoms with Gasteiger partial charge in [-0.15, -0.1) is 24.0 Å². The standard InChI is InChI=1S/C18H29N5O.HI/c1-15-5-8-23(9-6-15)18(19-2)21-14-16-4-3-7-20-17(16)22-10-12-24-13-11-22;/h3-4,7,15H,5-6,8-14H2,1-2H3,(H,19,21);1H. The molecule has 3 heterocycles. The van der Waals surface area contributed by atoms with Crippen molar-refractivity contribution < 1.29 is 4.74 Å². The van der Waals surface area contributed by atoms with E-state index in [1.54, 1.807) is 0 Å². The first-order chi connectivity index (χ1) is 11.8. The van der Waals surface area contributed by atoms with Gasteiger partial charge < -0.3 is 19.9 Å². The molecule has 2 aliphatic rings. The van der Waals surface area contributed by atoms with Crippen LogP contribution in [-0.2, 0) is 11.3 Å². The molecular weight excluding hydrogens is 429 g/mol. The molecule has 3 rings (SSSR count). The number of piperidine rings is 1. The van der Waals surface area contributed by atoms with E-state index < -0.39 is 0 Å². The molecule has 25 heavy (non-hydrogen) atoms. The summed E-state index contributed by atoms with van der Waals surface area (Å²) in [5.41, 5.74) is 1.21. The van der Waals surface area contributed by atoms with Crippen molar-refractivity contribution in [2.24, 2.45) is 10.9 Å². The van der Waals surface area contributed by atoms with Crippen LogP contribution in [0.25, 0.3) is 0 Å². The van der Waals surface area contributed by atoms with Gasteiger partial charge in [0.05, 0.1) is 13.2 Å². The smallest absolute Gasteiger partial charge is 0.193 e. The number of pyridine rings is 1. The van der Waals surface area contributed by atoms with E-state index >= 15 is 0 Å². The molecular formula is C18H30IN5O. The van der Waals surface area contributed by atoms with Gasteiger partial charge in [0.15, 0.2) is 5.96 Å². The summed E-state index contributed by atoms with van der Waals surface area (Å²) in [4.78, 5) is 13.8. The number of aliphatic imine (C=N–C) groups is 1. The zero-order valence-corrected chi connectivity index (χ0v) is 17.6. The Bertz CT molecular complexity index is 554. The number of hydrogen-bond donors (Lipinski definition) is 1. The molecule has 7 heteroatoms. The van der Waals surface area contributed by atoms with Crippen molar-refractivity contribution in [3.05, 3.63) is 23.9 Å². The molecule has 140 valence electrons. The summed E-state index contributed by atoms with van der Waals surface area (Å²) in [5, 5.41) is 3.53. The van der Waals surface area contributed by atoms with Crippen molar-refractivity contribution in [2.45, 2.75) is 26.3 Å². The summed E-state index contributed by atoms with van der Waals surface area (Å²) in [6, 6.07) is 4.16. The highest BCUT2D eigenvalue weighted by Gasteiger charge is 2.20. The van der Waals surface area contributed by atoms with Gasteiger partial charge in [0, 0.05) is 51.5 Å². The van der Waals surface area contributed by atoms with Crippen molar-refractivity contribution in [1.29, 1.82) is 0 Å². The fraction of sp³-hybridized carbons (Fsp3) is 0.667.